The molecule has 20 heavy (non-hydrogen) atoms. The molecule has 1 aromatic carbocycles. The quantitative estimate of drug-likeness (QED) is 0.795. The lowest BCUT2D eigenvalue weighted by Crippen LogP contribution is -2.13. The molecule has 6 heteroatoms. The average molecular weight is 308 g/mol. The van der Waals surface area contributed by atoms with Crippen LogP contribution in [0, 0.1) is 0 Å². The number of nitrogens with zero attached hydrogens (tertiary/aromatic N) is 1. The Labute approximate surface area is 126 Å². The van der Waals surface area contributed by atoms with E-state index in [-0.39, 0.29) is 5.92 Å². The molecule has 0 saturated heterocycles. The topological polar surface area (TPSA) is 62.2 Å². The number of anilines is 1. The molecule has 1 atom stereocenters. The fraction of sp³-hybridized carbons (Fsp3) is 0.286. The van der Waals surface area contributed by atoms with Crippen LogP contribution in [-0.4, -0.2) is 28.9 Å². The molecule has 4 nitrogen and oxygen atoms in total. The molecule has 0 aliphatic rings. The van der Waals surface area contributed by atoms with Gasteiger partial charge >= 0.3 is 5.97 Å². The van der Waals surface area contributed by atoms with Gasteiger partial charge in [-0.15, -0.1) is 23.1 Å². The molecule has 2 aromatic rings. The van der Waals surface area contributed by atoms with E-state index in [0.29, 0.717) is 17.8 Å². The number of aromatic carboxylic acids is 1. The smallest absolute Gasteiger partial charge is 0.338 e. The van der Waals surface area contributed by atoms with E-state index in [0.717, 1.165) is 9.90 Å². The molecule has 106 valence electrons. The van der Waals surface area contributed by atoms with Crippen LogP contribution in [0.2, 0.25) is 0 Å². The van der Waals surface area contributed by atoms with Gasteiger partial charge in [0, 0.05) is 34.6 Å². The number of benzene rings is 1. The van der Waals surface area contributed by atoms with Crippen LogP contribution in [0.1, 0.15) is 28.2 Å². The molecule has 2 rings (SSSR count). The Kier molecular flexibility index (Phi) is 5.03. The summed E-state index contributed by atoms with van der Waals surface area (Å²) in [6.07, 6.45) is 3.66. The van der Waals surface area contributed by atoms with Gasteiger partial charge in [0.2, 0.25) is 0 Å². The number of carboxylic acids is 1. The first-order chi connectivity index (χ1) is 9.63. The van der Waals surface area contributed by atoms with Crippen LogP contribution in [0.5, 0.6) is 0 Å². The van der Waals surface area contributed by atoms with E-state index in [2.05, 4.69) is 17.2 Å². The number of thiazole rings is 1. The first-order valence-electron chi connectivity index (χ1n) is 6.17. The Morgan fingerprint density at radius 1 is 1.55 bits per heavy atom. The van der Waals surface area contributed by atoms with Crippen LogP contribution in [-0.2, 0) is 0 Å². The van der Waals surface area contributed by atoms with Crippen LogP contribution in [0.4, 0.5) is 5.69 Å². The van der Waals surface area contributed by atoms with Gasteiger partial charge in [-0.1, -0.05) is 13.0 Å². The highest BCUT2D eigenvalue weighted by atomic mass is 32.2. The van der Waals surface area contributed by atoms with Gasteiger partial charge in [0.25, 0.3) is 0 Å². The zero-order valence-electron chi connectivity index (χ0n) is 11.3. The van der Waals surface area contributed by atoms with Crippen LogP contribution < -0.4 is 5.32 Å². The SMILES string of the molecule is CSc1cccc(NCC(C)c2nccs2)c1C(=O)O. The molecule has 0 aliphatic heterocycles. The summed E-state index contributed by atoms with van der Waals surface area (Å²) in [6, 6.07) is 5.50. The lowest BCUT2D eigenvalue weighted by atomic mass is 10.1. The predicted octanol–water partition coefficient (Wildman–Crippen LogP) is 3.78. The van der Waals surface area contributed by atoms with E-state index < -0.39 is 5.97 Å². The summed E-state index contributed by atoms with van der Waals surface area (Å²) < 4.78 is 0. The Bertz CT molecular complexity index is 585. The molecule has 0 spiro atoms. The highest BCUT2D eigenvalue weighted by Crippen LogP contribution is 2.28. The van der Waals surface area contributed by atoms with Crippen molar-refractivity contribution in [2.24, 2.45) is 0 Å². The monoisotopic (exact) mass is 308 g/mol. The van der Waals surface area contributed by atoms with E-state index >= 15 is 0 Å². The first-order valence-corrected chi connectivity index (χ1v) is 8.27. The van der Waals surface area contributed by atoms with Gasteiger partial charge in [0.1, 0.15) is 0 Å². The average Bonchev–Trinajstić information content (AvgIpc) is 2.98. The predicted molar refractivity (Wildman–Crippen MR) is 84.2 cm³/mol. The van der Waals surface area contributed by atoms with Gasteiger partial charge in [-0.25, -0.2) is 9.78 Å². The summed E-state index contributed by atoms with van der Waals surface area (Å²) in [7, 11) is 0. The minimum Gasteiger partial charge on any atom is -0.478 e. The maximum absolute atomic E-state index is 11.4. The molecular weight excluding hydrogens is 292 g/mol. The molecule has 1 aromatic heterocycles. The number of carboxylic acid groups (broad SMARTS) is 1. The molecular formula is C14H16N2O2S2. The van der Waals surface area contributed by atoms with E-state index in [1.807, 2.05) is 23.8 Å². The summed E-state index contributed by atoms with van der Waals surface area (Å²) >= 11 is 3.05. The normalized spacial score (nSPS) is 12.1. The zero-order valence-corrected chi connectivity index (χ0v) is 12.9. The third kappa shape index (κ3) is 3.32. The lowest BCUT2D eigenvalue weighted by molar-refractivity contribution is 0.0694. The molecule has 0 amide bonds. The Balaban J connectivity index is 2.15. The van der Waals surface area contributed by atoms with Crippen molar-refractivity contribution in [2.45, 2.75) is 17.7 Å². The van der Waals surface area contributed by atoms with Crippen molar-refractivity contribution in [3.8, 4) is 0 Å². The maximum Gasteiger partial charge on any atom is 0.338 e. The van der Waals surface area contributed by atoms with Crippen molar-refractivity contribution >= 4 is 34.8 Å². The number of thioether (sulfide) groups is 1. The number of rotatable bonds is 6. The van der Waals surface area contributed by atoms with Gasteiger partial charge in [-0.2, -0.15) is 0 Å². The fourth-order valence-corrected chi connectivity index (χ4v) is 3.21. The summed E-state index contributed by atoms with van der Waals surface area (Å²) in [5, 5.41) is 15.6. The molecule has 1 unspecified atom stereocenters. The highest BCUT2D eigenvalue weighted by Gasteiger charge is 2.16. The second kappa shape index (κ2) is 6.76. The summed E-state index contributed by atoms with van der Waals surface area (Å²) in [5.74, 6) is -0.658. The maximum atomic E-state index is 11.4. The Morgan fingerprint density at radius 3 is 2.95 bits per heavy atom. The second-order valence-corrected chi connectivity index (χ2v) is 6.11. The number of hydrogen-bond donors (Lipinski definition) is 2. The van der Waals surface area contributed by atoms with Crippen LogP contribution in [0.3, 0.4) is 0 Å². The lowest BCUT2D eigenvalue weighted by Gasteiger charge is -2.15. The largest absolute Gasteiger partial charge is 0.478 e. The zero-order chi connectivity index (χ0) is 14.5. The van der Waals surface area contributed by atoms with Crippen molar-refractivity contribution in [3.63, 3.8) is 0 Å². The van der Waals surface area contributed by atoms with Gasteiger partial charge in [0.05, 0.1) is 10.6 Å². The van der Waals surface area contributed by atoms with Crippen LogP contribution in [0.25, 0.3) is 0 Å². The molecule has 0 fully saturated rings. The number of aromatic nitrogens is 1. The van der Waals surface area contributed by atoms with E-state index in [1.165, 1.54) is 11.8 Å². The molecule has 2 N–H and O–H groups in total. The molecule has 0 saturated carbocycles. The Morgan fingerprint density at radius 2 is 2.35 bits per heavy atom. The van der Waals surface area contributed by atoms with E-state index in [4.69, 9.17) is 0 Å². The third-order valence-electron chi connectivity index (χ3n) is 2.93. The summed E-state index contributed by atoms with van der Waals surface area (Å²) in [4.78, 5) is 16.5. The van der Waals surface area contributed by atoms with E-state index in [9.17, 15) is 9.90 Å². The van der Waals surface area contributed by atoms with Crippen LogP contribution in [0.15, 0.2) is 34.7 Å². The van der Waals surface area contributed by atoms with E-state index in [1.54, 1.807) is 23.6 Å². The standard InChI is InChI=1S/C14H16N2O2S2/c1-9(13-15-6-7-20-13)8-16-10-4-3-5-11(19-2)12(10)14(17)18/h3-7,9,16H,8H2,1-2H3,(H,17,18). The molecule has 0 radical (unpaired) electrons. The van der Waals surface area contributed by atoms with Gasteiger partial charge in [-0.05, 0) is 18.4 Å². The van der Waals surface area contributed by atoms with Gasteiger partial charge in [-0.3, -0.25) is 0 Å². The first kappa shape index (κ1) is 14.9. The number of hydrogen-bond acceptors (Lipinski definition) is 5. The van der Waals surface area contributed by atoms with Crippen molar-refractivity contribution in [1.82, 2.24) is 4.98 Å². The van der Waals surface area contributed by atoms with Crippen molar-refractivity contribution in [3.05, 3.63) is 40.3 Å². The Hall–Kier alpha value is -1.53. The number of nitrogens with one attached hydrogen (secondary N) is 1. The number of carbonyl (C=O) groups is 1. The minimum atomic E-state index is -0.903. The van der Waals surface area contributed by atoms with Crippen molar-refractivity contribution < 1.29 is 9.90 Å². The molecule has 0 aliphatic carbocycles. The summed E-state index contributed by atoms with van der Waals surface area (Å²) in [6.45, 7) is 2.73. The summed E-state index contributed by atoms with van der Waals surface area (Å²) in [5.41, 5.74) is 0.999. The third-order valence-corrected chi connectivity index (χ3v) is 4.72. The van der Waals surface area contributed by atoms with Gasteiger partial charge in [0.15, 0.2) is 0 Å². The second-order valence-electron chi connectivity index (χ2n) is 4.34. The molecule has 1 heterocycles. The van der Waals surface area contributed by atoms with Crippen molar-refractivity contribution in [1.29, 1.82) is 0 Å². The minimum absolute atomic E-state index is 0.245. The van der Waals surface area contributed by atoms with Gasteiger partial charge < -0.3 is 10.4 Å². The van der Waals surface area contributed by atoms with Crippen molar-refractivity contribution in [2.75, 3.05) is 18.1 Å². The van der Waals surface area contributed by atoms with Crippen LogP contribution >= 0.6 is 23.1 Å². The molecule has 0 bridgehead atoms. The fourth-order valence-electron chi connectivity index (χ4n) is 1.90. The highest BCUT2D eigenvalue weighted by molar-refractivity contribution is 7.98.